The van der Waals surface area contributed by atoms with Gasteiger partial charge in [-0.05, 0) is 19.9 Å². The number of cyclic esters (lactones) is 1. The Bertz CT molecular complexity index is 377. The van der Waals surface area contributed by atoms with Crippen molar-refractivity contribution in [1.82, 2.24) is 0 Å². The highest BCUT2D eigenvalue weighted by Crippen LogP contribution is 2.36. The zero-order valence-corrected chi connectivity index (χ0v) is 8.84. The summed E-state index contributed by atoms with van der Waals surface area (Å²) in [6.07, 6.45) is 1.68. The fraction of sp³-hybridized carbons (Fsp3) is 0.455. The zero-order valence-electron chi connectivity index (χ0n) is 8.84. The maximum atomic E-state index is 11.5. The Hall–Kier alpha value is -1.56. The number of esters is 1. The number of hydrogen-bond acceptors (Lipinski definition) is 3. The van der Waals surface area contributed by atoms with Gasteiger partial charge in [-0.25, -0.2) is 4.79 Å². The SMILES string of the molecule is CC(C)=C1C(=O)OC(C#N)=CC1(C)C. The third-order valence-electron chi connectivity index (χ3n) is 2.15. The van der Waals surface area contributed by atoms with E-state index in [1.807, 2.05) is 33.8 Å². The molecule has 0 aliphatic carbocycles. The van der Waals surface area contributed by atoms with Gasteiger partial charge in [0.05, 0.1) is 0 Å². The van der Waals surface area contributed by atoms with Crippen LogP contribution in [0, 0.1) is 16.7 Å². The third kappa shape index (κ3) is 1.69. The van der Waals surface area contributed by atoms with E-state index in [2.05, 4.69) is 0 Å². The molecule has 1 aliphatic heterocycles. The summed E-state index contributed by atoms with van der Waals surface area (Å²) in [6.45, 7) is 7.52. The number of nitrogens with zero attached hydrogens (tertiary/aromatic N) is 1. The maximum absolute atomic E-state index is 11.5. The van der Waals surface area contributed by atoms with Gasteiger partial charge in [0.1, 0.15) is 6.07 Å². The van der Waals surface area contributed by atoms with Crippen LogP contribution in [0.15, 0.2) is 23.0 Å². The molecule has 0 aromatic rings. The Morgan fingerprint density at radius 3 is 2.43 bits per heavy atom. The number of ether oxygens (including phenoxy) is 1. The van der Waals surface area contributed by atoms with E-state index in [1.165, 1.54) is 0 Å². The largest absolute Gasteiger partial charge is 0.412 e. The predicted molar refractivity (Wildman–Crippen MR) is 51.9 cm³/mol. The highest BCUT2D eigenvalue weighted by molar-refractivity contribution is 5.93. The summed E-state index contributed by atoms with van der Waals surface area (Å²) in [5.41, 5.74) is 1.14. The van der Waals surface area contributed by atoms with E-state index in [0.717, 1.165) is 5.57 Å². The molecule has 0 saturated carbocycles. The van der Waals surface area contributed by atoms with Gasteiger partial charge in [0.15, 0.2) is 0 Å². The van der Waals surface area contributed by atoms with E-state index in [1.54, 1.807) is 6.08 Å². The number of hydrogen-bond donors (Lipinski definition) is 0. The molecule has 0 aromatic heterocycles. The standard InChI is InChI=1S/C11H13NO2/c1-7(2)9-10(13)14-8(6-12)5-11(9,3)4/h5H,1-4H3. The molecule has 0 radical (unpaired) electrons. The van der Waals surface area contributed by atoms with Crippen LogP contribution in [-0.2, 0) is 9.53 Å². The lowest BCUT2D eigenvalue weighted by molar-refractivity contribution is -0.136. The lowest BCUT2D eigenvalue weighted by Crippen LogP contribution is -2.27. The van der Waals surface area contributed by atoms with Crippen LogP contribution in [0.25, 0.3) is 0 Å². The third-order valence-corrected chi connectivity index (χ3v) is 2.15. The fourth-order valence-electron chi connectivity index (χ4n) is 1.75. The molecule has 3 nitrogen and oxygen atoms in total. The first-order valence-electron chi connectivity index (χ1n) is 4.41. The summed E-state index contributed by atoms with van der Waals surface area (Å²) >= 11 is 0. The molecule has 14 heavy (non-hydrogen) atoms. The molecule has 0 N–H and O–H groups in total. The van der Waals surface area contributed by atoms with Gasteiger partial charge in [-0.15, -0.1) is 0 Å². The number of carbonyl (C=O) groups is 1. The van der Waals surface area contributed by atoms with Crippen LogP contribution in [0.4, 0.5) is 0 Å². The molecule has 0 amide bonds. The van der Waals surface area contributed by atoms with Gasteiger partial charge in [-0.1, -0.05) is 19.4 Å². The van der Waals surface area contributed by atoms with E-state index in [4.69, 9.17) is 10.00 Å². The second kappa shape index (κ2) is 3.30. The molecule has 0 saturated heterocycles. The van der Waals surface area contributed by atoms with E-state index >= 15 is 0 Å². The Kier molecular flexibility index (Phi) is 2.48. The van der Waals surface area contributed by atoms with Crippen molar-refractivity contribution in [2.45, 2.75) is 27.7 Å². The van der Waals surface area contributed by atoms with Gasteiger partial charge in [0, 0.05) is 11.0 Å². The van der Waals surface area contributed by atoms with Crippen LogP contribution in [0.1, 0.15) is 27.7 Å². The van der Waals surface area contributed by atoms with Gasteiger partial charge in [-0.2, -0.15) is 5.26 Å². The molecule has 0 unspecified atom stereocenters. The topological polar surface area (TPSA) is 50.1 Å². The summed E-state index contributed by atoms with van der Waals surface area (Å²) in [6, 6.07) is 1.84. The first kappa shape index (κ1) is 10.5. The van der Waals surface area contributed by atoms with Gasteiger partial charge in [0.25, 0.3) is 0 Å². The highest BCUT2D eigenvalue weighted by atomic mass is 16.5. The number of allylic oxidation sites excluding steroid dienone is 3. The van der Waals surface area contributed by atoms with E-state index in [-0.39, 0.29) is 5.76 Å². The zero-order chi connectivity index (χ0) is 10.9. The molecule has 0 bridgehead atoms. The summed E-state index contributed by atoms with van der Waals surface area (Å²) in [4.78, 5) is 11.5. The van der Waals surface area contributed by atoms with E-state index in [0.29, 0.717) is 5.57 Å². The van der Waals surface area contributed by atoms with Crippen molar-refractivity contribution in [2.24, 2.45) is 5.41 Å². The average Bonchev–Trinajstić information content (AvgIpc) is 1.99. The predicted octanol–water partition coefficient (Wildman–Crippen LogP) is 2.31. The molecule has 0 aromatic carbocycles. The van der Waals surface area contributed by atoms with Gasteiger partial charge < -0.3 is 4.74 Å². The molecule has 0 fully saturated rings. The van der Waals surface area contributed by atoms with Crippen LogP contribution in [0.2, 0.25) is 0 Å². The molecule has 1 heterocycles. The van der Waals surface area contributed by atoms with Crippen molar-refractivity contribution >= 4 is 5.97 Å². The van der Waals surface area contributed by atoms with Gasteiger partial charge in [-0.3, -0.25) is 0 Å². The monoisotopic (exact) mass is 191 g/mol. The lowest BCUT2D eigenvalue weighted by Gasteiger charge is -2.28. The molecule has 0 spiro atoms. The molecular weight excluding hydrogens is 178 g/mol. The average molecular weight is 191 g/mol. The molecule has 3 heteroatoms. The number of nitriles is 1. The fourth-order valence-corrected chi connectivity index (χ4v) is 1.75. The van der Waals surface area contributed by atoms with E-state index in [9.17, 15) is 4.79 Å². The van der Waals surface area contributed by atoms with Crippen molar-refractivity contribution in [1.29, 1.82) is 5.26 Å². The molecule has 1 rings (SSSR count). The number of rotatable bonds is 0. The second-order valence-electron chi connectivity index (χ2n) is 4.11. The Labute approximate surface area is 83.7 Å². The Morgan fingerprint density at radius 1 is 1.50 bits per heavy atom. The minimum Gasteiger partial charge on any atom is -0.412 e. The highest BCUT2D eigenvalue weighted by Gasteiger charge is 2.34. The number of carbonyl (C=O) groups excluding carboxylic acids is 1. The smallest absolute Gasteiger partial charge is 0.340 e. The van der Waals surface area contributed by atoms with Crippen LogP contribution >= 0.6 is 0 Å². The molecule has 74 valence electrons. The molecule has 1 aliphatic rings. The minimum absolute atomic E-state index is 0.0880. The summed E-state index contributed by atoms with van der Waals surface area (Å²) in [5, 5.41) is 8.65. The summed E-state index contributed by atoms with van der Waals surface area (Å²) in [7, 11) is 0. The molecular formula is C11H13NO2. The van der Waals surface area contributed by atoms with Gasteiger partial charge in [0.2, 0.25) is 5.76 Å². The minimum atomic E-state index is -0.417. The first-order chi connectivity index (χ1) is 6.38. The Morgan fingerprint density at radius 2 is 2.07 bits per heavy atom. The van der Waals surface area contributed by atoms with Crippen molar-refractivity contribution < 1.29 is 9.53 Å². The van der Waals surface area contributed by atoms with Crippen molar-refractivity contribution in [3.8, 4) is 6.07 Å². The van der Waals surface area contributed by atoms with Crippen LogP contribution in [0.5, 0.6) is 0 Å². The van der Waals surface area contributed by atoms with Crippen LogP contribution in [-0.4, -0.2) is 5.97 Å². The second-order valence-corrected chi connectivity index (χ2v) is 4.11. The maximum Gasteiger partial charge on any atom is 0.340 e. The van der Waals surface area contributed by atoms with Crippen molar-refractivity contribution in [3.63, 3.8) is 0 Å². The van der Waals surface area contributed by atoms with Crippen LogP contribution in [0.3, 0.4) is 0 Å². The van der Waals surface area contributed by atoms with Crippen LogP contribution < -0.4 is 0 Å². The first-order valence-corrected chi connectivity index (χ1v) is 4.41. The summed E-state index contributed by atoms with van der Waals surface area (Å²) < 4.78 is 4.85. The quantitative estimate of drug-likeness (QED) is 0.436. The van der Waals surface area contributed by atoms with Gasteiger partial charge >= 0.3 is 5.97 Å². The Balaban J connectivity index is 3.31. The normalized spacial score (nSPS) is 19.5. The lowest BCUT2D eigenvalue weighted by atomic mass is 9.80. The van der Waals surface area contributed by atoms with Crippen molar-refractivity contribution in [3.05, 3.63) is 23.0 Å². The van der Waals surface area contributed by atoms with Crippen molar-refractivity contribution in [2.75, 3.05) is 0 Å². The summed E-state index contributed by atoms with van der Waals surface area (Å²) in [5.74, 6) is -0.320. The molecule has 0 atom stereocenters. The van der Waals surface area contributed by atoms with E-state index < -0.39 is 11.4 Å².